The van der Waals surface area contributed by atoms with Crippen LogP contribution in [0.5, 0.6) is 0 Å². The first-order chi connectivity index (χ1) is 7.86. The highest BCUT2D eigenvalue weighted by Crippen LogP contribution is 2.30. The van der Waals surface area contributed by atoms with E-state index in [9.17, 15) is 0 Å². The summed E-state index contributed by atoms with van der Waals surface area (Å²) in [6.45, 7) is 4.65. The van der Waals surface area contributed by atoms with Gasteiger partial charge < -0.3 is 0 Å². The highest BCUT2D eigenvalue weighted by atomic mass is 15.1. The Morgan fingerprint density at radius 2 is 2.00 bits per heavy atom. The topological polar surface area (TPSA) is 3.01 Å². The van der Waals surface area contributed by atoms with Crippen molar-refractivity contribution in [3.8, 4) is 0 Å². The standard InChI is InChI=1S/C15H28N/c1-3-5-8-14-11-12-15-10-6-9-13(7-4-2)16(14)15/h13,15H,3-12H2,1-2H3/q+1. The Morgan fingerprint density at radius 1 is 1.12 bits per heavy atom. The Hall–Kier alpha value is -0.330. The van der Waals surface area contributed by atoms with Gasteiger partial charge in [-0.05, 0) is 19.3 Å². The van der Waals surface area contributed by atoms with Gasteiger partial charge >= 0.3 is 0 Å². The molecule has 0 aromatic carbocycles. The van der Waals surface area contributed by atoms with Gasteiger partial charge in [-0.2, -0.15) is 0 Å². The van der Waals surface area contributed by atoms with Gasteiger partial charge in [0.1, 0.15) is 0 Å². The molecule has 2 atom stereocenters. The summed E-state index contributed by atoms with van der Waals surface area (Å²) in [5, 5.41) is 0. The first-order valence-corrected chi connectivity index (χ1v) is 7.49. The zero-order valence-corrected chi connectivity index (χ0v) is 11.2. The summed E-state index contributed by atoms with van der Waals surface area (Å²) in [7, 11) is 0. The Kier molecular flexibility index (Phi) is 4.43. The summed E-state index contributed by atoms with van der Waals surface area (Å²) in [5.41, 5.74) is 1.81. The largest absolute Gasteiger partial charge is 0.232 e. The van der Waals surface area contributed by atoms with Crippen LogP contribution in [0.15, 0.2) is 0 Å². The third-order valence-corrected chi connectivity index (χ3v) is 4.43. The molecular weight excluding hydrogens is 194 g/mol. The lowest BCUT2D eigenvalue weighted by Gasteiger charge is -2.25. The third kappa shape index (κ3) is 2.49. The van der Waals surface area contributed by atoms with Gasteiger partial charge in [0, 0.05) is 38.5 Å². The lowest BCUT2D eigenvalue weighted by atomic mass is 9.94. The minimum absolute atomic E-state index is 0.901. The minimum atomic E-state index is 0.901. The molecule has 1 fully saturated rings. The zero-order valence-electron chi connectivity index (χ0n) is 11.2. The van der Waals surface area contributed by atoms with Crippen molar-refractivity contribution >= 4 is 5.71 Å². The summed E-state index contributed by atoms with van der Waals surface area (Å²) >= 11 is 0. The van der Waals surface area contributed by atoms with Gasteiger partial charge in [0.15, 0.2) is 17.8 Å². The molecule has 1 nitrogen and oxygen atoms in total. The molecule has 2 aliphatic heterocycles. The molecule has 0 bridgehead atoms. The molecule has 0 aromatic heterocycles. The van der Waals surface area contributed by atoms with Crippen LogP contribution in [0, 0.1) is 0 Å². The molecule has 2 unspecified atom stereocenters. The van der Waals surface area contributed by atoms with Crippen LogP contribution in [0.1, 0.15) is 78.1 Å². The van der Waals surface area contributed by atoms with Crippen molar-refractivity contribution in [1.82, 2.24) is 0 Å². The van der Waals surface area contributed by atoms with Crippen LogP contribution < -0.4 is 0 Å². The average molecular weight is 222 g/mol. The van der Waals surface area contributed by atoms with E-state index in [0.29, 0.717) is 0 Å². The monoisotopic (exact) mass is 222 g/mol. The number of unbranched alkanes of at least 4 members (excludes halogenated alkanes) is 1. The molecular formula is C15H28N+. The maximum Gasteiger partial charge on any atom is 0.153 e. The summed E-state index contributed by atoms with van der Waals surface area (Å²) in [5.74, 6) is 0. The Bertz CT molecular complexity index is 252. The van der Waals surface area contributed by atoms with Crippen molar-refractivity contribution in [2.75, 3.05) is 0 Å². The molecule has 0 aromatic rings. The number of hydrogen-bond acceptors (Lipinski definition) is 0. The lowest BCUT2D eigenvalue weighted by Crippen LogP contribution is -2.38. The van der Waals surface area contributed by atoms with Crippen molar-refractivity contribution in [2.45, 2.75) is 90.1 Å². The van der Waals surface area contributed by atoms with Crippen molar-refractivity contribution in [3.63, 3.8) is 0 Å². The van der Waals surface area contributed by atoms with Crippen molar-refractivity contribution in [1.29, 1.82) is 0 Å². The predicted molar refractivity (Wildman–Crippen MR) is 70.4 cm³/mol. The van der Waals surface area contributed by atoms with Crippen molar-refractivity contribution in [2.24, 2.45) is 0 Å². The number of rotatable bonds is 5. The van der Waals surface area contributed by atoms with E-state index in [-0.39, 0.29) is 0 Å². The molecule has 16 heavy (non-hydrogen) atoms. The van der Waals surface area contributed by atoms with Gasteiger partial charge in [-0.3, -0.25) is 0 Å². The van der Waals surface area contributed by atoms with Crippen LogP contribution in [-0.4, -0.2) is 22.4 Å². The molecule has 92 valence electrons. The second-order valence-corrected chi connectivity index (χ2v) is 5.64. The molecule has 0 amide bonds. The van der Waals surface area contributed by atoms with Gasteiger partial charge in [0.05, 0.1) is 0 Å². The number of nitrogens with zero attached hydrogens (tertiary/aromatic N) is 1. The van der Waals surface area contributed by atoms with Crippen LogP contribution in [0.25, 0.3) is 0 Å². The SMILES string of the molecule is CCCCC1=[N+]2C(CCC)CCCC2CC1. The fourth-order valence-electron chi connectivity index (χ4n) is 3.68. The predicted octanol–water partition coefficient (Wildman–Crippen LogP) is 4.15. The first-order valence-electron chi connectivity index (χ1n) is 7.49. The number of fused-ring (bicyclic) bond motifs is 1. The quantitative estimate of drug-likeness (QED) is 0.615. The Balaban J connectivity index is 2.08. The van der Waals surface area contributed by atoms with Crippen LogP contribution in [0.2, 0.25) is 0 Å². The molecule has 0 spiro atoms. The highest BCUT2D eigenvalue weighted by molar-refractivity contribution is 5.80. The molecule has 0 N–H and O–H groups in total. The molecule has 0 aliphatic carbocycles. The van der Waals surface area contributed by atoms with Crippen LogP contribution in [0.3, 0.4) is 0 Å². The normalized spacial score (nSPS) is 29.6. The zero-order chi connectivity index (χ0) is 11.4. The third-order valence-electron chi connectivity index (χ3n) is 4.43. The first kappa shape index (κ1) is 12.1. The second-order valence-electron chi connectivity index (χ2n) is 5.64. The molecule has 0 radical (unpaired) electrons. The van der Waals surface area contributed by atoms with Gasteiger partial charge in [-0.25, -0.2) is 4.58 Å². The van der Waals surface area contributed by atoms with Crippen LogP contribution in [0.4, 0.5) is 0 Å². The van der Waals surface area contributed by atoms with E-state index >= 15 is 0 Å². The molecule has 1 saturated heterocycles. The number of piperidine rings is 1. The maximum absolute atomic E-state index is 2.86. The fraction of sp³-hybridized carbons (Fsp3) is 0.933. The van der Waals surface area contributed by atoms with E-state index in [4.69, 9.17) is 0 Å². The van der Waals surface area contributed by atoms with Gasteiger partial charge in [-0.15, -0.1) is 0 Å². The van der Waals surface area contributed by atoms with E-state index in [2.05, 4.69) is 18.4 Å². The molecule has 2 heterocycles. The summed E-state index contributed by atoms with van der Waals surface area (Å²) in [4.78, 5) is 0. The maximum atomic E-state index is 2.86. The van der Waals surface area contributed by atoms with E-state index in [1.165, 1.54) is 64.2 Å². The highest BCUT2D eigenvalue weighted by Gasteiger charge is 2.39. The van der Waals surface area contributed by atoms with Crippen LogP contribution >= 0.6 is 0 Å². The van der Waals surface area contributed by atoms with Gasteiger partial charge in [0.2, 0.25) is 0 Å². The summed E-state index contributed by atoms with van der Waals surface area (Å²) in [6, 6.07) is 1.83. The van der Waals surface area contributed by atoms with E-state index < -0.39 is 0 Å². The lowest BCUT2D eigenvalue weighted by molar-refractivity contribution is -0.606. The van der Waals surface area contributed by atoms with Gasteiger partial charge in [-0.1, -0.05) is 20.3 Å². The Morgan fingerprint density at radius 3 is 2.75 bits per heavy atom. The van der Waals surface area contributed by atoms with Crippen molar-refractivity contribution in [3.05, 3.63) is 0 Å². The van der Waals surface area contributed by atoms with E-state index in [1.807, 2.05) is 5.71 Å². The number of hydrogen-bond donors (Lipinski definition) is 0. The van der Waals surface area contributed by atoms with Crippen LogP contribution in [-0.2, 0) is 0 Å². The average Bonchev–Trinajstić information content (AvgIpc) is 2.71. The summed E-state index contributed by atoms with van der Waals surface area (Å²) < 4.78 is 2.86. The van der Waals surface area contributed by atoms with E-state index in [0.717, 1.165) is 12.1 Å². The van der Waals surface area contributed by atoms with E-state index in [1.54, 1.807) is 0 Å². The molecule has 1 heteroatoms. The minimum Gasteiger partial charge on any atom is -0.232 e. The molecule has 2 aliphatic rings. The molecule has 2 rings (SSSR count). The van der Waals surface area contributed by atoms with Crippen molar-refractivity contribution < 1.29 is 4.58 Å². The summed E-state index contributed by atoms with van der Waals surface area (Å²) in [6.07, 6.45) is 14.2. The molecule has 0 saturated carbocycles. The van der Waals surface area contributed by atoms with Gasteiger partial charge in [0.25, 0.3) is 0 Å². The smallest absolute Gasteiger partial charge is 0.153 e. The second kappa shape index (κ2) is 5.84. The fourth-order valence-corrected chi connectivity index (χ4v) is 3.68. The Labute approximate surface area is 101 Å².